The smallest absolute Gasteiger partial charge is 0.161 e. The molecule has 0 aliphatic heterocycles. The molecular formula is C28H18N2S. The van der Waals surface area contributed by atoms with Crippen molar-refractivity contribution in [2.24, 2.45) is 0 Å². The van der Waals surface area contributed by atoms with Crippen LogP contribution in [0, 0.1) is 0 Å². The predicted molar refractivity (Wildman–Crippen MR) is 131 cm³/mol. The van der Waals surface area contributed by atoms with Gasteiger partial charge in [0.15, 0.2) is 5.82 Å². The van der Waals surface area contributed by atoms with Gasteiger partial charge in [-0.05, 0) is 17.2 Å². The maximum absolute atomic E-state index is 5.06. The van der Waals surface area contributed by atoms with E-state index in [4.69, 9.17) is 9.97 Å². The molecule has 31 heavy (non-hydrogen) atoms. The molecule has 0 unspecified atom stereocenters. The number of thiophene rings is 1. The highest BCUT2D eigenvalue weighted by atomic mass is 32.1. The van der Waals surface area contributed by atoms with Crippen molar-refractivity contribution < 1.29 is 0 Å². The Kier molecular flexibility index (Phi) is 4.33. The second-order valence-electron chi connectivity index (χ2n) is 7.48. The molecule has 0 aliphatic rings. The quantitative estimate of drug-likeness (QED) is 0.295. The lowest BCUT2D eigenvalue weighted by atomic mass is 10.0. The number of hydrogen-bond acceptors (Lipinski definition) is 3. The fraction of sp³-hybridized carbons (Fsp3) is 0. The first-order chi connectivity index (χ1) is 15.4. The molecule has 2 nitrogen and oxygen atoms in total. The molecule has 0 bridgehead atoms. The van der Waals surface area contributed by atoms with E-state index in [0.29, 0.717) is 0 Å². The molecule has 6 rings (SSSR count). The second-order valence-corrected chi connectivity index (χ2v) is 8.51. The fourth-order valence-corrected chi connectivity index (χ4v) is 5.08. The van der Waals surface area contributed by atoms with Gasteiger partial charge in [-0.15, -0.1) is 11.3 Å². The third kappa shape index (κ3) is 3.20. The molecule has 0 N–H and O–H groups in total. The summed E-state index contributed by atoms with van der Waals surface area (Å²) in [5.74, 6) is 0.766. The summed E-state index contributed by atoms with van der Waals surface area (Å²) in [6, 6.07) is 37.9. The van der Waals surface area contributed by atoms with Crippen molar-refractivity contribution in [3.05, 3.63) is 109 Å². The van der Waals surface area contributed by atoms with Gasteiger partial charge < -0.3 is 0 Å². The fourth-order valence-electron chi connectivity index (χ4n) is 4.00. The maximum Gasteiger partial charge on any atom is 0.161 e. The van der Waals surface area contributed by atoms with Crippen LogP contribution in [-0.4, -0.2) is 9.97 Å². The van der Waals surface area contributed by atoms with Gasteiger partial charge in [-0.3, -0.25) is 0 Å². The Morgan fingerprint density at radius 3 is 1.81 bits per heavy atom. The standard InChI is InChI=1S/C28H18N2S/c1-3-9-19(10-4-1)20-15-17-21(18-16-20)26-25-23-13-7-8-14-24(23)31-28(25)30-27(29-26)22-11-5-2-6-12-22/h1-18H. The number of benzene rings is 4. The minimum absolute atomic E-state index is 0.766. The molecule has 2 heterocycles. The van der Waals surface area contributed by atoms with Crippen molar-refractivity contribution in [2.75, 3.05) is 0 Å². The van der Waals surface area contributed by atoms with Crippen LogP contribution in [0.25, 0.3) is 54.1 Å². The van der Waals surface area contributed by atoms with Gasteiger partial charge in [-0.25, -0.2) is 9.97 Å². The zero-order chi connectivity index (χ0) is 20.6. The summed E-state index contributed by atoms with van der Waals surface area (Å²) in [7, 11) is 0. The highest BCUT2D eigenvalue weighted by Crippen LogP contribution is 2.39. The number of nitrogens with zero attached hydrogens (tertiary/aromatic N) is 2. The predicted octanol–water partition coefficient (Wildman–Crippen LogP) is 7.85. The van der Waals surface area contributed by atoms with E-state index in [1.54, 1.807) is 11.3 Å². The Morgan fingerprint density at radius 2 is 1.06 bits per heavy atom. The zero-order valence-electron chi connectivity index (χ0n) is 16.7. The van der Waals surface area contributed by atoms with Gasteiger partial charge in [0.25, 0.3) is 0 Å². The highest BCUT2D eigenvalue weighted by Gasteiger charge is 2.16. The Balaban J connectivity index is 1.59. The van der Waals surface area contributed by atoms with E-state index in [2.05, 4.69) is 84.9 Å². The van der Waals surface area contributed by atoms with Crippen molar-refractivity contribution >= 4 is 31.6 Å². The molecule has 0 aliphatic carbocycles. The van der Waals surface area contributed by atoms with Crippen molar-refractivity contribution in [3.8, 4) is 33.8 Å². The van der Waals surface area contributed by atoms with Gasteiger partial charge in [0, 0.05) is 26.6 Å². The molecule has 3 heteroatoms. The van der Waals surface area contributed by atoms with E-state index in [1.165, 1.54) is 21.2 Å². The summed E-state index contributed by atoms with van der Waals surface area (Å²) >= 11 is 1.73. The van der Waals surface area contributed by atoms with E-state index in [0.717, 1.165) is 32.9 Å². The minimum Gasteiger partial charge on any atom is -0.227 e. The van der Waals surface area contributed by atoms with Gasteiger partial charge in [0.1, 0.15) is 4.83 Å². The van der Waals surface area contributed by atoms with E-state index >= 15 is 0 Å². The topological polar surface area (TPSA) is 25.8 Å². The Morgan fingerprint density at radius 1 is 0.484 bits per heavy atom. The van der Waals surface area contributed by atoms with Crippen LogP contribution in [0.2, 0.25) is 0 Å². The van der Waals surface area contributed by atoms with Gasteiger partial charge >= 0.3 is 0 Å². The maximum atomic E-state index is 5.06. The van der Waals surface area contributed by atoms with Gasteiger partial charge in [-0.2, -0.15) is 0 Å². The van der Waals surface area contributed by atoms with Gasteiger partial charge in [0.05, 0.1) is 5.69 Å². The molecule has 0 radical (unpaired) electrons. The first-order valence-corrected chi connectivity index (χ1v) is 11.1. The Labute approximate surface area is 184 Å². The SMILES string of the molecule is c1ccc(-c2ccc(-c3nc(-c4ccccc4)nc4sc5ccccc5c34)cc2)cc1. The van der Waals surface area contributed by atoms with Gasteiger partial charge in [0.2, 0.25) is 0 Å². The van der Waals surface area contributed by atoms with Crippen molar-refractivity contribution in [3.63, 3.8) is 0 Å². The Hall–Kier alpha value is -3.82. The number of fused-ring (bicyclic) bond motifs is 3. The lowest BCUT2D eigenvalue weighted by molar-refractivity contribution is 1.24. The average molecular weight is 415 g/mol. The molecule has 6 aromatic rings. The van der Waals surface area contributed by atoms with E-state index in [9.17, 15) is 0 Å². The Bertz CT molecular complexity index is 1500. The lowest BCUT2D eigenvalue weighted by Crippen LogP contribution is -1.93. The normalized spacial score (nSPS) is 11.2. The van der Waals surface area contributed by atoms with E-state index in [1.807, 2.05) is 24.3 Å². The van der Waals surface area contributed by atoms with Crippen LogP contribution in [0.1, 0.15) is 0 Å². The van der Waals surface area contributed by atoms with Crippen LogP contribution in [0.3, 0.4) is 0 Å². The molecule has 0 atom stereocenters. The van der Waals surface area contributed by atoms with Crippen molar-refractivity contribution in [1.29, 1.82) is 0 Å². The third-order valence-corrected chi connectivity index (χ3v) is 6.60. The first kappa shape index (κ1) is 18.0. The van der Waals surface area contributed by atoms with Crippen LogP contribution in [0.15, 0.2) is 109 Å². The van der Waals surface area contributed by atoms with Crippen molar-refractivity contribution in [2.45, 2.75) is 0 Å². The molecule has 4 aromatic carbocycles. The number of rotatable bonds is 3. The molecule has 0 saturated heterocycles. The summed E-state index contributed by atoms with van der Waals surface area (Å²) in [4.78, 5) is 11.0. The van der Waals surface area contributed by atoms with Crippen molar-refractivity contribution in [1.82, 2.24) is 9.97 Å². The zero-order valence-corrected chi connectivity index (χ0v) is 17.5. The summed E-state index contributed by atoms with van der Waals surface area (Å²) < 4.78 is 1.24. The van der Waals surface area contributed by atoms with E-state index < -0.39 is 0 Å². The first-order valence-electron chi connectivity index (χ1n) is 10.3. The average Bonchev–Trinajstić information content (AvgIpc) is 3.23. The minimum atomic E-state index is 0.766. The molecule has 0 fully saturated rings. The van der Waals surface area contributed by atoms with Crippen LogP contribution in [0.5, 0.6) is 0 Å². The van der Waals surface area contributed by atoms with Crippen LogP contribution >= 0.6 is 11.3 Å². The summed E-state index contributed by atoms with van der Waals surface area (Å²) in [6.45, 7) is 0. The number of hydrogen-bond donors (Lipinski definition) is 0. The molecular weight excluding hydrogens is 396 g/mol. The summed E-state index contributed by atoms with van der Waals surface area (Å²) in [6.07, 6.45) is 0. The van der Waals surface area contributed by atoms with E-state index in [-0.39, 0.29) is 0 Å². The summed E-state index contributed by atoms with van der Waals surface area (Å²) in [5, 5.41) is 2.34. The lowest BCUT2D eigenvalue weighted by Gasteiger charge is -2.09. The molecule has 146 valence electrons. The largest absolute Gasteiger partial charge is 0.227 e. The molecule has 0 saturated carbocycles. The second kappa shape index (κ2) is 7.46. The molecule has 2 aromatic heterocycles. The summed E-state index contributed by atoms with van der Waals surface area (Å²) in [5.41, 5.74) is 5.54. The van der Waals surface area contributed by atoms with Crippen LogP contribution in [0.4, 0.5) is 0 Å². The molecule has 0 amide bonds. The van der Waals surface area contributed by atoms with Crippen LogP contribution < -0.4 is 0 Å². The third-order valence-electron chi connectivity index (χ3n) is 5.54. The highest BCUT2D eigenvalue weighted by molar-refractivity contribution is 7.25. The van der Waals surface area contributed by atoms with Crippen LogP contribution in [-0.2, 0) is 0 Å². The number of aromatic nitrogens is 2. The van der Waals surface area contributed by atoms with Gasteiger partial charge in [-0.1, -0.05) is 103 Å². The molecule has 0 spiro atoms. The monoisotopic (exact) mass is 414 g/mol.